The van der Waals surface area contributed by atoms with E-state index in [0.717, 1.165) is 25.7 Å². The highest BCUT2D eigenvalue weighted by molar-refractivity contribution is 6.16. The second kappa shape index (κ2) is 10.00. The van der Waals surface area contributed by atoms with Gasteiger partial charge in [0.2, 0.25) is 0 Å². The molecule has 9 nitrogen and oxygen atoms in total. The van der Waals surface area contributed by atoms with Crippen molar-refractivity contribution in [3.05, 3.63) is 71.1 Å². The Labute approximate surface area is 212 Å². The summed E-state index contributed by atoms with van der Waals surface area (Å²) in [6.07, 6.45) is 4.45. The van der Waals surface area contributed by atoms with Crippen LogP contribution in [0.15, 0.2) is 42.7 Å². The summed E-state index contributed by atoms with van der Waals surface area (Å²) in [6, 6.07) is 8.67. The fourth-order valence-corrected chi connectivity index (χ4v) is 5.07. The first-order chi connectivity index (χ1) is 17.9. The average molecular weight is 508 g/mol. The number of anilines is 3. The van der Waals surface area contributed by atoms with E-state index in [4.69, 9.17) is 15.9 Å². The summed E-state index contributed by atoms with van der Waals surface area (Å²) in [5.41, 5.74) is 6.98. The number of methoxy groups -OCH3 is 1. The molecular formula is C26H27F2N7O2. The number of nitrogen functional groups attached to an aromatic ring is 1. The largest absolute Gasteiger partial charge is 0.494 e. The molecule has 1 saturated carbocycles. The lowest BCUT2D eigenvalue weighted by Gasteiger charge is -2.41. The highest BCUT2D eigenvalue weighted by Crippen LogP contribution is 2.34. The van der Waals surface area contributed by atoms with Gasteiger partial charge in [-0.15, -0.1) is 0 Å². The number of rotatable bonds is 7. The molecule has 1 fully saturated rings. The van der Waals surface area contributed by atoms with Gasteiger partial charge < -0.3 is 26.0 Å². The van der Waals surface area contributed by atoms with Gasteiger partial charge in [0, 0.05) is 11.6 Å². The van der Waals surface area contributed by atoms with E-state index in [-0.39, 0.29) is 58.3 Å². The lowest BCUT2D eigenvalue weighted by Crippen LogP contribution is -2.56. The summed E-state index contributed by atoms with van der Waals surface area (Å²) >= 11 is 0. The normalized spacial score (nSPS) is 17.3. The molecule has 1 unspecified atom stereocenters. The van der Waals surface area contributed by atoms with E-state index in [1.54, 1.807) is 23.1 Å². The minimum Gasteiger partial charge on any atom is -0.494 e. The van der Waals surface area contributed by atoms with Crippen molar-refractivity contribution in [1.29, 1.82) is 5.41 Å². The zero-order valence-corrected chi connectivity index (χ0v) is 20.2. The van der Waals surface area contributed by atoms with Crippen LogP contribution in [-0.2, 0) is 0 Å². The van der Waals surface area contributed by atoms with Crippen molar-refractivity contribution < 1.29 is 18.3 Å². The molecule has 2 aliphatic rings. The van der Waals surface area contributed by atoms with Crippen LogP contribution >= 0.6 is 0 Å². The Hall–Kier alpha value is -4.28. The van der Waals surface area contributed by atoms with Crippen molar-refractivity contribution in [1.82, 2.24) is 14.9 Å². The number of amides is 1. The lowest BCUT2D eigenvalue weighted by molar-refractivity contribution is 0.0594. The number of benzene rings is 2. The molecule has 5 N–H and O–H groups in total. The molecule has 0 bridgehead atoms. The van der Waals surface area contributed by atoms with Crippen LogP contribution < -0.4 is 21.1 Å². The van der Waals surface area contributed by atoms with Crippen molar-refractivity contribution in [3.8, 4) is 5.75 Å². The molecular weight excluding hydrogens is 480 g/mol. The summed E-state index contributed by atoms with van der Waals surface area (Å²) in [4.78, 5) is 23.4. The van der Waals surface area contributed by atoms with Crippen molar-refractivity contribution in [3.63, 3.8) is 0 Å². The summed E-state index contributed by atoms with van der Waals surface area (Å²) in [5.74, 6) is -1.16. The highest BCUT2D eigenvalue weighted by Gasteiger charge is 2.39. The van der Waals surface area contributed by atoms with E-state index in [2.05, 4.69) is 20.6 Å². The maximum Gasteiger partial charge on any atom is 0.260 e. The van der Waals surface area contributed by atoms with Gasteiger partial charge in [-0.1, -0.05) is 18.9 Å². The predicted molar refractivity (Wildman–Crippen MR) is 136 cm³/mol. The third kappa shape index (κ3) is 4.52. The van der Waals surface area contributed by atoms with Gasteiger partial charge in [-0.2, -0.15) is 0 Å². The van der Waals surface area contributed by atoms with Gasteiger partial charge in [0.05, 0.1) is 36.2 Å². The first-order valence-corrected chi connectivity index (χ1v) is 12.0. The van der Waals surface area contributed by atoms with Gasteiger partial charge in [-0.25, -0.2) is 18.7 Å². The monoisotopic (exact) mass is 507 g/mol. The van der Waals surface area contributed by atoms with Crippen molar-refractivity contribution in [2.75, 3.05) is 30.0 Å². The standard InChI is InChI=1S/C26H27F2N7O2/c1-37-19-10-9-14(11-17(19)28)23(29)22-24(30)32-13-33-25(22)31-12-20-34-18-8-4-7-16(27)21(18)26(36)35(20)15-5-2-3-6-15/h4,7-11,13,15,20,29,34H,2-3,5-6,12H2,1H3,(H3,30,31,32,33). The zero-order chi connectivity index (χ0) is 26.1. The Bertz CT molecular complexity index is 1360. The smallest absolute Gasteiger partial charge is 0.260 e. The molecule has 1 amide bonds. The quantitative estimate of drug-likeness (QED) is 0.356. The summed E-state index contributed by atoms with van der Waals surface area (Å²) in [5, 5.41) is 15.2. The Kier molecular flexibility index (Phi) is 6.60. The second-order valence-corrected chi connectivity index (χ2v) is 9.06. The van der Waals surface area contributed by atoms with Crippen LogP contribution in [0.4, 0.5) is 26.1 Å². The minimum absolute atomic E-state index is 0.0185. The fraction of sp³-hybridized carbons (Fsp3) is 0.308. The van der Waals surface area contributed by atoms with Crippen LogP contribution in [0.1, 0.15) is 47.2 Å². The average Bonchev–Trinajstić information content (AvgIpc) is 3.41. The number of ether oxygens (including phenoxy) is 1. The Morgan fingerprint density at radius 2 is 2.00 bits per heavy atom. The molecule has 2 heterocycles. The van der Waals surface area contributed by atoms with Gasteiger partial charge >= 0.3 is 0 Å². The molecule has 2 aromatic carbocycles. The number of halogens is 2. The molecule has 1 aromatic heterocycles. The van der Waals surface area contributed by atoms with E-state index >= 15 is 0 Å². The Balaban J connectivity index is 1.44. The first-order valence-electron chi connectivity index (χ1n) is 12.0. The zero-order valence-electron chi connectivity index (χ0n) is 20.2. The molecule has 192 valence electrons. The fourth-order valence-electron chi connectivity index (χ4n) is 5.07. The van der Waals surface area contributed by atoms with Gasteiger partial charge in [-0.3, -0.25) is 10.2 Å². The topological polar surface area (TPSA) is 129 Å². The molecule has 1 atom stereocenters. The third-order valence-corrected chi connectivity index (χ3v) is 6.87. The van der Waals surface area contributed by atoms with Crippen LogP contribution in [-0.4, -0.2) is 52.3 Å². The molecule has 0 radical (unpaired) electrons. The number of nitrogens with one attached hydrogen (secondary N) is 3. The van der Waals surface area contributed by atoms with E-state index < -0.39 is 17.8 Å². The number of hydrogen-bond donors (Lipinski definition) is 4. The lowest BCUT2D eigenvalue weighted by atomic mass is 10.0. The van der Waals surface area contributed by atoms with E-state index in [1.165, 1.54) is 31.6 Å². The maximum atomic E-state index is 14.6. The van der Waals surface area contributed by atoms with E-state index in [1.807, 2.05) is 0 Å². The number of nitrogens with two attached hydrogens (primary N) is 1. The SMILES string of the molecule is COc1ccc(C(=N)c2c(N)ncnc2NCC2Nc3cccc(F)c3C(=O)N2C2CCCC2)cc1F. The highest BCUT2D eigenvalue weighted by atomic mass is 19.1. The molecule has 1 aliphatic heterocycles. The van der Waals surface area contributed by atoms with E-state index in [9.17, 15) is 13.6 Å². The number of carbonyl (C=O) groups excluding carboxylic acids is 1. The van der Waals surface area contributed by atoms with E-state index in [0.29, 0.717) is 5.69 Å². The Morgan fingerprint density at radius 1 is 1.22 bits per heavy atom. The van der Waals surface area contributed by atoms with Crippen LogP contribution in [0.2, 0.25) is 0 Å². The molecule has 11 heteroatoms. The number of fused-ring (bicyclic) bond motifs is 1. The number of aromatic nitrogens is 2. The predicted octanol–water partition coefficient (Wildman–Crippen LogP) is 4.01. The molecule has 1 aliphatic carbocycles. The van der Waals surface area contributed by atoms with Crippen LogP contribution in [0.5, 0.6) is 5.75 Å². The summed E-state index contributed by atoms with van der Waals surface area (Å²) in [6.45, 7) is 0.200. The molecule has 3 aromatic rings. The van der Waals surface area contributed by atoms with Crippen LogP contribution in [0.3, 0.4) is 0 Å². The third-order valence-electron chi connectivity index (χ3n) is 6.87. The summed E-state index contributed by atoms with van der Waals surface area (Å²) in [7, 11) is 1.36. The first kappa shape index (κ1) is 24.4. The number of nitrogens with zero attached hydrogens (tertiary/aromatic N) is 3. The maximum absolute atomic E-state index is 14.6. The molecule has 5 rings (SSSR count). The van der Waals surface area contributed by atoms with Crippen molar-refractivity contribution in [2.45, 2.75) is 37.9 Å². The van der Waals surface area contributed by atoms with Crippen molar-refractivity contribution in [2.24, 2.45) is 0 Å². The van der Waals surface area contributed by atoms with Gasteiger partial charge in [0.15, 0.2) is 11.6 Å². The summed E-state index contributed by atoms with van der Waals surface area (Å²) < 4.78 is 33.9. The molecule has 0 saturated heterocycles. The van der Waals surface area contributed by atoms with Crippen LogP contribution in [0, 0.1) is 17.0 Å². The second-order valence-electron chi connectivity index (χ2n) is 9.06. The van der Waals surface area contributed by atoms with Gasteiger partial charge in [0.1, 0.15) is 29.9 Å². The molecule has 0 spiro atoms. The number of carbonyl (C=O) groups is 1. The number of hydrogen-bond acceptors (Lipinski definition) is 8. The minimum atomic E-state index is -0.613. The van der Waals surface area contributed by atoms with Crippen LogP contribution in [0.25, 0.3) is 0 Å². The van der Waals surface area contributed by atoms with Crippen molar-refractivity contribution >= 4 is 28.9 Å². The van der Waals surface area contributed by atoms with Gasteiger partial charge in [0.25, 0.3) is 5.91 Å². The molecule has 37 heavy (non-hydrogen) atoms. The Morgan fingerprint density at radius 3 is 2.73 bits per heavy atom. The van der Waals surface area contributed by atoms with Gasteiger partial charge in [-0.05, 0) is 43.2 Å².